The van der Waals surface area contributed by atoms with Gasteiger partial charge in [-0.3, -0.25) is 0 Å². The zero-order valence-electron chi connectivity index (χ0n) is 10.9. The van der Waals surface area contributed by atoms with Gasteiger partial charge in [0.1, 0.15) is 11.5 Å². The van der Waals surface area contributed by atoms with Gasteiger partial charge in [0.2, 0.25) is 0 Å². The largest absolute Gasteiger partial charge is 0.496 e. The Morgan fingerprint density at radius 3 is 2.47 bits per heavy atom. The molecule has 4 nitrogen and oxygen atoms in total. The second-order valence-electron chi connectivity index (χ2n) is 3.95. The second-order valence-corrected chi connectivity index (χ2v) is 3.95. The standard InChI is InChI=1S/C13H21NO3/c1-9-12(16-3)6-5-11(13(9)17-4)10(8-15)7-14-2/h5-6,10,14-15H,7-8H2,1-4H3. The first-order valence-corrected chi connectivity index (χ1v) is 5.66. The normalized spacial score (nSPS) is 12.3. The van der Waals surface area contributed by atoms with Crippen LogP contribution in [0.4, 0.5) is 0 Å². The average molecular weight is 239 g/mol. The van der Waals surface area contributed by atoms with E-state index in [-0.39, 0.29) is 12.5 Å². The summed E-state index contributed by atoms with van der Waals surface area (Å²) in [5.74, 6) is 1.62. The van der Waals surface area contributed by atoms with Crippen molar-refractivity contribution >= 4 is 0 Å². The van der Waals surface area contributed by atoms with Crippen molar-refractivity contribution in [2.24, 2.45) is 0 Å². The van der Waals surface area contributed by atoms with Crippen LogP contribution in [-0.2, 0) is 0 Å². The summed E-state index contributed by atoms with van der Waals surface area (Å²) in [5, 5.41) is 12.5. The Morgan fingerprint density at radius 1 is 1.29 bits per heavy atom. The summed E-state index contributed by atoms with van der Waals surface area (Å²) in [6.07, 6.45) is 0. The second kappa shape index (κ2) is 6.47. The van der Waals surface area contributed by atoms with Gasteiger partial charge in [-0.05, 0) is 20.0 Å². The van der Waals surface area contributed by atoms with E-state index in [0.717, 1.165) is 22.6 Å². The topological polar surface area (TPSA) is 50.7 Å². The van der Waals surface area contributed by atoms with E-state index in [4.69, 9.17) is 9.47 Å². The number of hydrogen-bond donors (Lipinski definition) is 2. The summed E-state index contributed by atoms with van der Waals surface area (Å²) < 4.78 is 10.7. The molecule has 1 aromatic rings. The quantitative estimate of drug-likeness (QED) is 0.786. The van der Waals surface area contributed by atoms with Gasteiger partial charge in [0.25, 0.3) is 0 Å². The predicted octanol–water partition coefficient (Wildman–Crippen LogP) is 1.31. The Labute approximate surface area is 103 Å². The SMILES string of the molecule is CNCC(CO)c1ccc(OC)c(C)c1OC. The van der Waals surface area contributed by atoms with Crippen LogP contribution in [0.3, 0.4) is 0 Å². The highest BCUT2D eigenvalue weighted by atomic mass is 16.5. The van der Waals surface area contributed by atoms with Crippen LogP contribution in [0.1, 0.15) is 17.0 Å². The van der Waals surface area contributed by atoms with Gasteiger partial charge in [-0.2, -0.15) is 0 Å². The van der Waals surface area contributed by atoms with Crippen LogP contribution in [0.15, 0.2) is 12.1 Å². The Morgan fingerprint density at radius 2 is 2.00 bits per heavy atom. The van der Waals surface area contributed by atoms with E-state index in [9.17, 15) is 5.11 Å². The Bertz CT molecular complexity index is 366. The molecule has 0 fully saturated rings. The molecule has 0 amide bonds. The first-order valence-electron chi connectivity index (χ1n) is 5.66. The van der Waals surface area contributed by atoms with Gasteiger partial charge in [0.15, 0.2) is 0 Å². The van der Waals surface area contributed by atoms with Gasteiger partial charge in [0, 0.05) is 23.6 Å². The minimum absolute atomic E-state index is 0.0274. The highest BCUT2D eigenvalue weighted by molar-refractivity contribution is 5.50. The number of likely N-dealkylation sites (N-methyl/N-ethyl adjacent to an activating group) is 1. The fraction of sp³-hybridized carbons (Fsp3) is 0.538. The molecular weight excluding hydrogens is 218 g/mol. The Balaban J connectivity index is 3.18. The molecule has 0 aromatic heterocycles. The molecule has 0 aliphatic carbocycles. The molecule has 2 N–H and O–H groups in total. The molecule has 0 spiro atoms. The van der Waals surface area contributed by atoms with Crippen LogP contribution >= 0.6 is 0 Å². The molecule has 0 saturated heterocycles. The van der Waals surface area contributed by atoms with Crippen LogP contribution in [0.2, 0.25) is 0 Å². The number of aliphatic hydroxyl groups excluding tert-OH is 1. The lowest BCUT2D eigenvalue weighted by molar-refractivity contribution is 0.259. The predicted molar refractivity (Wildman–Crippen MR) is 68.0 cm³/mol. The van der Waals surface area contributed by atoms with Crippen molar-refractivity contribution in [1.82, 2.24) is 5.32 Å². The monoisotopic (exact) mass is 239 g/mol. The molecule has 17 heavy (non-hydrogen) atoms. The molecule has 4 heteroatoms. The minimum atomic E-state index is 0.0274. The highest BCUT2D eigenvalue weighted by Crippen LogP contribution is 2.35. The van der Waals surface area contributed by atoms with Crippen LogP contribution in [-0.4, -0.2) is 39.5 Å². The maximum atomic E-state index is 9.42. The fourth-order valence-electron chi connectivity index (χ4n) is 2.03. The maximum absolute atomic E-state index is 9.42. The molecule has 0 aliphatic rings. The summed E-state index contributed by atoms with van der Waals surface area (Å²) in [6, 6.07) is 3.86. The summed E-state index contributed by atoms with van der Waals surface area (Å²) >= 11 is 0. The van der Waals surface area contributed by atoms with Crippen molar-refractivity contribution in [3.63, 3.8) is 0 Å². The number of hydrogen-bond acceptors (Lipinski definition) is 4. The molecule has 0 radical (unpaired) electrons. The van der Waals surface area contributed by atoms with Crippen molar-refractivity contribution in [3.05, 3.63) is 23.3 Å². The zero-order valence-corrected chi connectivity index (χ0v) is 10.9. The van der Waals surface area contributed by atoms with Crippen molar-refractivity contribution < 1.29 is 14.6 Å². The Kier molecular flexibility index (Phi) is 5.25. The van der Waals surface area contributed by atoms with E-state index in [1.54, 1.807) is 14.2 Å². The molecule has 1 aromatic carbocycles. The van der Waals surface area contributed by atoms with E-state index in [1.165, 1.54) is 0 Å². The summed E-state index contributed by atoms with van der Waals surface area (Å²) in [4.78, 5) is 0. The minimum Gasteiger partial charge on any atom is -0.496 e. The number of ether oxygens (including phenoxy) is 2. The van der Waals surface area contributed by atoms with Crippen LogP contribution < -0.4 is 14.8 Å². The van der Waals surface area contributed by atoms with Crippen molar-refractivity contribution in [3.8, 4) is 11.5 Å². The highest BCUT2D eigenvalue weighted by Gasteiger charge is 2.18. The van der Waals surface area contributed by atoms with E-state index in [0.29, 0.717) is 6.54 Å². The third-order valence-corrected chi connectivity index (χ3v) is 2.92. The summed E-state index contributed by atoms with van der Waals surface area (Å²) in [7, 11) is 5.14. The Hall–Kier alpha value is -1.26. The van der Waals surface area contributed by atoms with Gasteiger partial charge in [-0.1, -0.05) is 6.07 Å². The van der Waals surface area contributed by atoms with Gasteiger partial charge < -0.3 is 19.9 Å². The first-order chi connectivity index (χ1) is 8.19. The molecule has 0 heterocycles. The number of methoxy groups -OCH3 is 2. The average Bonchev–Trinajstić information content (AvgIpc) is 2.35. The smallest absolute Gasteiger partial charge is 0.129 e. The number of aliphatic hydroxyl groups is 1. The van der Waals surface area contributed by atoms with E-state index >= 15 is 0 Å². The maximum Gasteiger partial charge on any atom is 0.129 e. The summed E-state index contributed by atoms with van der Waals surface area (Å²) in [5.41, 5.74) is 1.96. The van der Waals surface area contributed by atoms with Crippen LogP contribution in [0.25, 0.3) is 0 Å². The molecule has 0 bridgehead atoms. The third-order valence-electron chi connectivity index (χ3n) is 2.92. The van der Waals surface area contributed by atoms with E-state index in [1.807, 2.05) is 26.1 Å². The molecule has 96 valence electrons. The van der Waals surface area contributed by atoms with Crippen LogP contribution in [0, 0.1) is 6.92 Å². The lowest BCUT2D eigenvalue weighted by atomic mass is 9.96. The fourth-order valence-corrected chi connectivity index (χ4v) is 2.03. The van der Waals surface area contributed by atoms with E-state index in [2.05, 4.69) is 5.32 Å². The molecule has 1 atom stereocenters. The molecule has 0 saturated carbocycles. The molecule has 1 rings (SSSR count). The van der Waals surface area contributed by atoms with E-state index < -0.39 is 0 Å². The first kappa shape index (κ1) is 13.8. The van der Waals surface area contributed by atoms with Gasteiger partial charge in [0.05, 0.1) is 20.8 Å². The number of rotatable bonds is 6. The van der Waals surface area contributed by atoms with Crippen LogP contribution in [0.5, 0.6) is 11.5 Å². The van der Waals surface area contributed by atoms with Gasteiger partial charge in [-0.25, -0.2) is 0 Å². The molecule has 1 unspecified atom stereocenters. The van der Waals surface area contributed by atoms with Gasteiger partial charge in [-0.15, -0.1) is 0 Å². The van der Waals surface area contributed by atoms with Crippen molar-refractivity contribution in [2.75, 3.05) is 34.4 Å². The van der Waals surface area contributed by atoms with Gasteiger partial charge >= 0.3 is 0 Å². The number of nitrogens with one attached hydrogen (secondary N) is 1. The van der Waals surface area contributed by atoms with Crippen molar-refractivity contribution in [2.45, 2.75) is 12.8 Å². The lowest BCUT2D eigenvalue weighted by Gasteiger charge is -2.20. The molecule has 0 aliphatic heterocycles. The number of benzene rings is 1. The summed E-state index contributed by atoms with van der Waals surface area (Å²) in [6.45, 7) is 2.75. The zero-order chi connectivity index (χ0) is 12.8. The third kappa shape index (κ3) is 2.90. The molecular formula is C13H21NO3. The lowest BCUT2D eigenvalue weighted by Crippen LogP contribution is -2.20. The van der Waals surface area contributed by atoms with Crippen molar-refractivity contribution in [1.29, 1.82) is 0 Å².